The van der Waals surface area contributed by atoms with Crippen molar-refractivity contribution in [3.05, 3.63) is 48.0 Å². The molecule has 0 fully saturated rings. The van der Waals surface area contributed by atoms with Gasteiger partial charge in [-0.25, -0.2) is 4.98 Å². The molecule has 0 aliphatic rings. The number of nitrogens with zero attached hydrogens (tertiary/aromatic N) is 2. The van der Waals surface area contributed by atoms with Crippen molar-refractivity contribution in [2.45, 2.75) is 13.1 Å². The van der Waals surface area contributed by atoms with Crippen LogP contribution in [0.1, 0.15) is 11.4 Å². The Balaban J connectivity index is 2.17. The van der Waals surface area contributed by atoms with E-state index in [2.05, 4.69) is 14.9 Å². The maximum Gasteiger partial charge on any atom is 0.122 e. The van der Waals surface area contributed by atoms with Crippen LogP contribution in [0, 0.1) is 0 Å². The highest BCUT2D eigenvalue weighted by Crippen LogP contribution is 2.12. The van der Waals surface area contributed by atoms with E-state index < -0.39 is 0 Å². The molecule has 2 rings (SSSR count). The van der Waals surface area contributed by atoms with Gasteiger partial charge in [0.25, 0.3) is 0 Å². The summed E-state index contributed by atoms with van der Waals surface area (Å²) in [4.78, 5) is 4.26. The number of imidazole rings is 1. The lowest BCUT2D eigenvalue weighted by molar-refractivity contribution is 0.474. The summed E-state index contributed by atoms with van der Waals surface area (Å²) in [5.74, 6) is 1.29. The molecule has 0 aliphatic heterocycles. The Labute approximate surface area is 94.6 Å². The molecule has 16 heavy (non-hydrogen) atoms. The Kier molecular flexibility index (Phi) is 3.22. The van der Waals surface area contributed by atoms with E-state index in [-0.39, 0.29) is 0 Å². The van der Waals surface area contributed by atoms with Gasteiger partial charge in [-0.3, -0.25) is 0 Å². The second-order valence-electron chi connectivity index (χ2n) is 3.67. The van der Waals surface area contributed by atoms with Crippen molar-refractivity contribution in [2.75, 3.05) is 7.05 Å². The predicted molar refractivity (Wildman–Crippen MR) is 62.2 cm³/mol. The first-order chi connectivity index (χ1) is 7.79. The molecule has 4 heteroatoms. The number of benzene rings is 1. The zero-order valence-corrected chi connectivity index (χ0v) is 9.22. The Bertz CT molecular complexity index is 465. The highest BCUT2D eigenvalue weighted by molar-refractivity contribution is 5.27. The van der Waals surface area contributed by atoms with Crippen LogP contribution in [0.15, 0.2) is 36.7 Å². The molecule has 1 heterocycles. The van der Waals surface area contributed by atoms with Gasteiger partial charge in [-0.15, -0.1) is 0 Å². The number of hydrogen-bond donors (Lipinski definition) is 2. The molecule has 2 N–H and O–H groups in total. The standard InChI is InChI=1S/C12H15N3O/c1-13-8-12-14-5-6-15(12)9-10-3-2-4-11(16)7-10/h2-7,13,16H,8-9H2,1H3. The minimum absolute atomic E-state index is 0.299. The van der Waals surface area contributed by atoms with Crippen LogP contribution < -0.4 is 5.32 Å². The Morgan fingerprint density at radius 2 is 2.31 bits per heavy atom. The average molecular weight is 217 g/mol. The van der Waals surface area contributed by atoms with Gasteiger partial charge in [-0.1, -0.05) is 12.1 Å². The molecule has 0 spiro atoms. The third-order valence-corrected chi connectivity index (χ3v) is 2.40. The molecule has 0 radical (unpaired) electrons. The fourth-order valence-corrected chi connectivity index (χ4v) is 1.66. The summed E-state index contributed by atoms with van der Waals surface area (Å²) in [5, 5.41) is 12.5. The molecule has 84 valence electrons. The van der Waals surface area contributed by atoms with Crippen molar-refractivity contribution in [2.24, 2.45) is 0 Å². The SMILES string of the molecule is CNCc1nccn1Cc1cccc(O)c1. The van der Waals surface area contributed by atoms with E-state index in [1.54, 1.807) is 18.3 Å². The van der Waals surface area contributed by atoms with Crippen LogP contribution in [0.25, 0.3) is 0 Å². The lowest BCUT2D eigenvalue weighted by atomic mass is 10.2. The molecule has 4 nitrogen and oxygen atoms in total. The largest absolute Gasteiger partial charge is 0.508 e. The van der Waals surface area contributed by atoms with Crippen molar-refractivity contribution < 1.29 is 5.11 Å². The van der Waals surface area contributed by atoms with E-state index in [1.165, 1.54) is 0 Å². The molecule has 0 amide bonds. The number of aromatic nitrogens is 2. The van der Waals surface area contributed by atoms with Gasteiger partial charge in [0.05, 0.1) is 6.54 Å². The highest BCUT2D eigenvalue weighted by Gasteiger charge is 2.02. The number of rotatable bonds is 4. The molecule has 0 atom stereocenters. The van der Waals surface area contributed by atoms with Crippen molar-refractivity contribution in [1.29, 1.82) is 0 Å². The summed E-state index contributed by atoms with van der Waals surface area (Å²) < 4.78 is 2.06. The maximum atomic E-state index is 9.38. The summed E-state index contributed by atoms with van der Waals surface area (Å²) in [6.07, 6.45) is 3.73. The van der Waals surface area contributed by atoms with E-state index in [1.807, 2.05) is 25.4 Å². The third kappa shape index (κ3) is 2.41. The topological polar surface area (TPSA) is 50.1 Å². The molecule has 0 bridgehead atoms. The van der Waals surface area contributed by atoms with Crippen LogP contribution in [0.5, 0.6) is 5.75 Å². The first-order valence-electron chi connectivity index (χ1n) is 5.22. The summed E-state index contributed by atoms with van der Waals surface area (Å²) in [6, 6.07) is 7.28. The van der Waals surface area contributed by atoms with Gasteiger partial charge in [-0.2, -0.15) is 0 Å². The third-order valence-electron chi connectivity index (χ3n) is 2.40. The Morgan fingerprint density at radius 3 is 3.06 bits per heavy atom. The first-order valence-corrected chi connectivity index (χ1v) is 5.22. The molecule has 2 aromatic rings. The van der Waals surface area contributed by atoms with Crippen molar-refractivity contribution in [1.82, 2.24) is 14.9 Å². The summed E-state index contributed by atoms with van der Waals surface area (Å²) >= 11 is 0. The van der Waals surface area contributed by atoms with Crippen LogP contribution in [0.2, 0.25) is 0 Å². The summed E-state index contributed by atoms with van der Waals surface area (Å²) in [7, 11) is 1.90. The van der Waals surface area contributed by atoms with Gasteiger partial charge in [0.2, 0.25) is 0 Å². The van der Waals surface area contributed by atoms with E-state index in [0.29, 0.717) is 5.75 Å². The van der Waals surface area contributed by atoms with Crippen molar-refractivity contribution in [3.8, 4) is 5.75 Å². The highest BCUT2D eigenvalue weighted by atomic mass is 16.3. The Morgan fingerprint density at radius 1 is 1.44 bits per heavy atom. The quantitative estimate of drug-likeness (QED) is 0.813. The van der Waals surface area contributed by atoms with Crippen LogP contribution in [-0.4, -0.2) is 21.7 Å². The second-order valence-corrected chi connectivity index (χ2v) is 3.67. The van der Waals surface area contributed by atoms with E-state index >= 15 is 0 Å². The molecule has 1 aromatic heterocycles. The lowest BCUT2D eigenvalue weighted by Crippen LogP contribution is -2.12. The zero-order chi connectivity index (χ0) is 11.4. The van der Waals surface area contributed by atoms with Gasteiger partial charge >= 0.3 is 0 Å². The van der Waals surface area contributed by atoms with E-state index in [9.17, 15) is 5.11 Å². The number of nitrogens with one attached hydrogen (secondary N) is 1. The summed E-state index contributed by atoms with van der Waals surface area (Å²) in [6.45, 7) is 1.47. The summed E-state index contributed by atoms with van der Waals surface area (Å²) in [5.41, 5.74) is 1.07. The average Bonchev–Trinajstić information content (AvgIpc) is 2.66. The van der Waals surface area contributed by atoms with E-state index in [0.717, 1.165) is 24.5 Å². The number of hydrogen-bond acceptors (Lipinski definition) is 3. The number of phenolic OH excluding ortho intramolecular Hbond substituents is 1. The van der Waals surface area contributed by atoms with Gasteiger partial charge in [0.1, 0.15) is 11.6 Å². The second kappa shape index (κ2) is 4.81. The minimum atomic E-state index is 0.299. The van der Waals surface area contributed by atoms with Gasteiger partial charge in [0.15, 0.2) is 0 Å². The number of phenols is 1. The molecule has 0 saturated carbocycles. The smallest absolute Gasteiger partial charge is 0.122 e. The minimum Gasteiger partial charge on any atom is -0.508 e. The van der Waals surface area contributed by atoms with E-state index in [4.69, 9.17) is 0 Å². The fourth-order valence-electron chi connectivity index (χ4n) is 1.66. The molecule has 0 unspecified atom stereocenters. The van der Waals surface area contributed by atoms with Crippen molar-refractivity contribution in [3.63, 3.8) is 0 Å². The predicted octanol–water partition coefficient (Wildman–Crippen LogP) is 1.36. The normalized spacial score (nSPS) is 10.6. The van der Waals surface area contributed by atoms with Crippen LogP contribution in [-0.2, 0) is 13.1 Å². The van der Waals surface area contributed by atoms with Gasteiger partial charge < -0.3 is 15.0 Å². The van der Waals surface area contributed by atoms with Crippen LogP contribution in [0.4, 0.5) is 0 Å². The Hall–Kier alpha value is -1.81. The van der Waals surface area contributed by atoms with Crippen LogP contribution >= 0.6 is 0 Å². The molecule has 0 saturated heterocycles. The van der Waals surface area contributed by atoms with Gasteiger partial charge in [0, 0.05) is 18.9 Å². The fraction of sp³-hybridized carbons (Fsp3) is 0.250. The monoisotopic (exact) mass is 217 g/mol. The molecular formula is C12H15N3O. The van der Waals surface area contributed by atoms with Gasteiger partial charge in [-0.05, 0) is 24.7 Å². The molecular weight excluding hydrogens is 202 g/mol. The first kappa shape index (κ1) is 10.7. The molecule has 1 aromatic carbocycles. The lowest BCUT2D eigenvalue weighted by Gasteiger charge is -2.07. The molecule has 0 aliphatic carbocycles. The van der Waals surface area contributed by atoms with Crippen molar-refractivity contribution >= 4 is 0 Å². The maximum absolute atomic E-state index is 9.38. The zero-order valence-electron chi connectivity index (χ0n) is 9.22. The van der Waals surface area contributed by atoms with Crippen LogP contribution in [0.3, 0.4) is 0 Å². The number of aromatic hydroxyl groups is 1.